The highest BCUT2D eigenvalue weighted by Gasteiger charge is 2.10. The van der Waals surface area contributed by atoms with Gasteiger partial charge in [0.1, 0.15) is 5.75 Å². The van der Waals surface area contributed by atoms with E-state index in [4.69, 9.17) is 9.47 Å². The fourth-order valence-corrected chi connectivity index (χ4v) is 2.57. The van der Waals surface area contributed by atoms with Gasteiger partial charge in [-0.15, -0.1) is 0 Å². The summed E-state index contributed by atoms with van der Waals surface area (Å²) >= 11 is 0. The number of ether oxygens (including phenoxy) is 3. The quantitative estimate of drug-likeness (QED) is 0.459. The minimum absolute atomic E-state index is 0.0903. The molecule has 0 saturated heterocycles. The van der Waals surface area contributed by atoms with Crippen LogP contribution in [0.1, 0.15) is 5.56 Å². The Hall–Kier alpha value is -3.68. The zero-order valence-electron chi connectivity index (χ0n) is 15.5. The first-order valence-electron chi connectivity index (χ1n) is 8.61. The summed E-state index contributed by atoms with van der Waals surface area (Å²) in [6.07, 6.45) is 1.35. The van der Waals surface area contributed by atoms with E-state index in [1.807, 2.05) is 36.4 Å². The van der Waals surface area contributed by atoms with Gasteiger partial charge in [0.15, 0.2) is 18.1 Å². The number of fused-ring (bicyclic) bond motifs is 1. The third-order valence-corrected chi connectivity index (χ3v) is 3.90. The first-order valence-corrected chi connectivity index (χ1v) is 8.61. The van der Waals surface area contributed by atoms with Crippen LogP contribution in [0.25, 0.3) is 10.8 Å². The van der Waals surface area contributed by atoms with Gasteiger partial charge >= 0.3 is 6.61 Å². The number of benzene rings is 3. The Labute approximate surface area is 165 Å². The molecule has 3 rings (SSSR count). The fourth-order valence-electron chi connectivity index (χ4n) is 2.57. The van der Waals surface area contributed by atoms with Crippen molar-refractivity contribution < 1.29 is 27.8 Å². The highest BCUT2D eigenvalue weighted by molar-refractivity contribution is 5.85. The minimum Gasteiger partial charge on any atom is -0.493 e. The summed E-state index contributed by atoms with van der Waals surface area (Å²) in [7, 11) is 1.33. The van der Waals surface area contributed by atoms with E-state index in [-0.39, 0.29) is 18.1 Å². The predicted molar refractivity (Wildman–Crippen MR) is 105 cm³/mol. The van der Waals surface area contributed by atoms with Gasteiger partial charge in [-0.25, -0.2) is 5.43 Å². The van der Waals surface area contributed by atoms with E-state index in [9.17, 15) is 13.6 Å². The van der Waals surface area contributed by atoms with Gasteiger partial charge in [-0.3, -0.25) is 4.79 Å². The second-order valence-corrected chi connectivity index (χ2v) is 5.88. The molecule has 0 aromatic heterocycles. The summed E-state index contributed by atoms with van der Waals surface area (Å²) in [5.74, 6) is 0.161. The molecule has 150 valence electrons. The van der Waals surface area contributed by atoms with Crippen LogP contribution in [0.15, 0.2) is 65.8 Å². The second-order valence-electron chi connectivity index (χ2n) is 5.88. The number of nitrogens with one attached hydrogen (secondary N) is 1. The van der Waals surface area contributed by atoms with Crippen molar-refractivity contribution in [1.82, 2.24) is 5.43 Å². The van der Waals surface area contributed by atoms with Crippen molar-refractivity contribution in [3.63, 3.8) is 0 Å². The summed E-state index contributed by atoms with van der Waals surface area (Å²) in [4.78, 5) is 11.9. The standard InChI is InChI=1S/C21H18F2N2O4/c1-27-19-10-14(6-9-18(19)29-21(22)23)12-24-25-20(26)13-28-17-8-7-15-4-2-3-5-16(15)11-17/h2-12,21H,13H2,1H3,(H,25,26)/b24-12+. The van der Waals surface area contributed by atoms with Crippen molar-refractivity contribution >= 4 is 22.9 Å². The molecule has 1 N–H and O–H groups in total. The van der Waals surface area contributed by atoms with E-state index in [0.29, 0.717) is 11.3 Å². The van der Waals surface area contributed by atoms with Crippen LogP contribution in [-0.2, 0) is 4.79 Å². The summed E-state index contributed by atoms with van der Waals surface area (Å²) in [5.41, 5.74) is 2.86. The lowest BCUT2D eigenvalue weighted by Gasteiger charge is -2.10. The van der Waals surface area contributed by atoms with E-state index >= 15 is 0 Å². The van der Waals surface area contributed by atoms with Crippen LogP contribution in [0.3, 0.4) is 0 Å². The van der Waals surface area contributed by atoms with Gasteiger partial charge in [-0.2, -0.15) is 13.9 Å². The lowest BCUT2D eigenvalue weighted by atomic mass is 10.1. The first kappa shape index (κ1) is 20.1. The van der Waals surface area contributed by atoms with Crippen molar-refractivity contribution in [1.29, 1.82) is 0 Å². The van der Waals surface area contributed by atoms with Crippen LogP contribution < -0.4 is 19.6 Å². The average molecular weight is 400 g/mol. The average Bonchev–Trinajstić information content (AvgIpc) is 2.72. The molecular weight excluding hydrogens is 382 g/mol. The van der Waals surface area contributed by atoms with E-state index in [1.54, 1.807) is 6.07 Å². The van der Waals surface area contributed by atoms with E-state index in [1.165, 1.54) is 31.5 Å². The van der Waals surface area contributed by atoms with Gasteiger partial charge in [0.2, 0.25) is 0 Å². The molecule has 0 aliphatic rings. The van der Waals surface area contributed by atoms with E-state index in [2.05, 4.69) is 15.3 Å². The topological polar surface area (TPSA) is 69.2 Å². The Bertz CT molecular complexity index is 1020. The number of hydrogen-bond donors (Lipinski definition) is 1. The van der Waals surface area contributed by atoms with Crippen molar-refractivity contribution in [3.05, 3.63) is 66.2 Å². The Kier molecular flexibility index (Phi) is 6.57. The lowest BCUT2D eigenvalue weighted by Crippen LogP contribution is -2.24. The smallest absolute Gasteiger partial charge is 0.387 e. The molecule has 0 aliphatic heterocycles. The molecule has 0 aliphatic carbocycles. The molecule has 29 heavy (non-hydrogen) atoms. The molecule has 0 heterocycles. The number of hydrazone groups is 1. The number of carbonyl (C=O) groups excluding carboxylic acids is 1. The number of methoxy groups -OCH3 is 1. The van der Waals surface area contributed by atoms with Gasteiger partial charge in [0, 0.05) is 0 Å². The van der Waals surface area contributed by atoms with Crippen molar-refractivity contribution in [2.24, 2.45) is 5.10 Å². The molecule has 0 saturated carbocycles. The van der Waals surface area contributed by atoms with Crippen LogP contribution in [0.4, 0.5) is 8.78 Å². The van der Waals surface area contributed by atoms with Crippen molar-refractivity contribution in [3.8, 4) is 17.2 Å². The number of alkyl halides is 2. The zero-order chi connectivity index (χ0) is 20.6. The largest absolute Gasteiger partial charge is 0.493 e. The summed E-state index contributed by atoms with van der Waals surface area (Å²) in [5, 5.41) is 5.91. The van der Waals surface area contributed by atoms with Gasteiger partial charge in [-0.1, -0.05) is 30.3 Å². The summed E-state index contributed by atoms with van der Waals surface area (Å²) in [6.45, 7) is -3.16. The monoisotopic (exact) mass is 400 g/mol. The van der Waals surface area contributed by atoms with Gasteiger partial charge in [-0.05, 0) is 46.7 Å². The van der Waals surface area contributed by atoms with Gasteiger partial charge < -0.3 is 14.2 Å². The van der Waals surface area contributed by atoms with E-state index in [0.717, 1.165) is 10.8 Å². The number of rotatable bonds is 8. The predicted octanol–water partition coefficient (Wildman–Crippen LogP) is 3.98. The number of halogens is 2. The Morgan fingerprint density at radius 2 is 1.86 bits per heavy atom. The summed E-state index contributed by atoms with van der Waals surface area (Å²) < 4.78 is 39.5. The third-order valence-electron chi connectivity index (χ3n) is 3.90. The van der Waals surface area contributed by atoms with Gasteiger partial charge in [0.25, 0.3) is 5.91 Å². The molecule has 1 amide bonds. The first-order chi connectivity index (χ1) is 14.0. The van der Waals surface area contributed by atoms with Crippen LogP contribution >= 0.6 is 0 Å². The Morgan fingerprint density at radius 1 is 1.07 bits per heavy atom. The van der Waals surface area contributed by atoms with Crippen LogP contribution in [0, 0.1) is 0 Å². The van der Waals surface area contributed by atoms with Crippen molar-refractivity contribution in [2.75, 3.05) is 13.7 Å². The molecule has 0 unspecified atom stereocenters. The van der Waals surface area contributed by atoms with E-state index < -0.39 is 12.5 Å². The molecule has 0 fully saturated rings. The summed E-state index contributed by atoms with van der Waals surface area (Å²) in [6, 6.07) is 17.7. The number of hydrogen-bond acceptors (Lipinski definition) is 5. The molecule has 3 aromatic carbocycles. The Balaban J connectivity index is 1.53. The van der Waals surface area contributed by atoms with Gasteiger partial charge in [0.05, 0.1) is 13.3 Å². The maximum absolute atomic E-state index is 12.3. The molecule has 0 radical (unpaired) electrons. The maximum atomic E-state index is 12.3. The zero-order valence-corrected chi connectivity index (χ0v) is 15.5. The van der Waals surface area contributed by atoms with Crippen LogP contribution in [-0.4, -0.2) is 32.4 Å². The third kappa shape index (κ3) is 5.65. The van der Waals surface area contributed by atoms with Crippen molar-refractivity contribution in [2.45, 2.75) is 6.61 Å². The second kappa shape index (κ2) is 9.50. The maximum Gasteiger partial charge on any atom is 0.387 e. The number of nitrogens with zero attached hydrogens (tertiary/aromatic N) is 1. The molecular formula is C21H18F2N2O4. The molecule has 3 aromatic rings. The number of amides is 1. The van der Waals surface area contributed by atoms with Crippen LogP contribution in [0.5, 0.6) is 17.2 Å². The SMILES string of the molecule is COc1cc(/C=N/NC(=O)COc2ccc3ccccc3c2)ccc1OC(F)F. The minimum atomic E-state index is -2.95. The Morgan fingerprint density at radius 3 is 2.62 bits per heavy atom. The van der Waals surface area contributed by atoms with Crippen LogP contribution in [0.2, 0.25) is 0 Å². The highest BCUT2D eigenvalue weighted by atomic mass is 19.3. The molecule has 0 bridgehead atoms. The lowest BCUT2D eigenvalue weighted by molar-refractivity contribution is -0.123. The molecule has 6 nitrogen and oxygen atoms in total. The number of carbonyl (C=O) groups is 1. The molecule has 8 heteroatoms. The molecule has 0 atom stereocenters. The fraction of sp³-hybridized carbons (Fsp3) is 0.143. The highest BCUT2D eigenvalue weighted by Crippen LogP contribution is 2.28. The molecule has 0 spiro atoms. The normalized spacial score (nSPS) is 11.0.